The van der Waals surface area contributed by atoms with E-state index in [0.717, 1.165) is 4.90 Å². The van der Waals surface area contributed by atoms with Crippen molar-refractivity contribution < 1.29 is 43.4 Å². The molecule has 0 saturated heterocycles. The molecule has 1 aliphatic rings. The van der Waals surface area contributed by atoms with Crippen molar-refractivity contribution in [1.82, 2.24) is 9.96 Å². The number of carbonyl (C=O) groups excluding carboxylic acids is 4. The number of aliphatic imine (C=N–C) groups is 1. The van der Waals surface area contributed by atoms with Gasteiger partial charge in [-0.05, 0) is 36.1 Å². The third-order valence-electron chi connectivity index (χ3n) is 6.23. The lowest BCUT2D eigenvalue weighted by molar-refractivity contribution is -0.175. The highest BCUT2D eigenvalue weighted by atomic mass is 16.7. The van der Waals surface area contributed by atoms with Crippen LogP contribution >= 0.6 is 0 Å². The molecule has 1 heterocycles. The first kappa shape index (κ1) is 30.4. The van der Waals surface area contributed by atoms with Crippen molar-refractivity contribution in [3.8, 4) is 0 Å². The molecular weight excluding hydrogens is 560 g/mol. The van der Waals surface area contributed by atoms with Crippen LogP contribution in [0.4, 0.5) is 9.59 Å². The summed E-state index contributed by atoms with van der Waals surface area (Å²) in [6.45, 7) is -0.433. The molecule has 0 radical (unpaired) electrons. The molecule has 13 nitrogen and oxygen atoms in total. The van der Waals surface area contributed by atoms with Gasteiger partial charge in [-0.15, -0.1) is 10.1 Å². The second-order valence-electron chi connectivity index (χ2n) is 9.23. The van der Waals surface area contributed by atoms with Crippen molar-refractivity contribution in [2.75, 3.05) is 6.54 Å². The van der Waals surface area contributed by atoms with E-state index in [0.29, 0.717) is 16.2 Å². The number of guanidine groups is 1. The van der Waals surface area contributed by atoms with Gasteiger partial charge < -0.3 is 20.3 Å². The summed E-state index contributed by atoms with van der Waals surface area (Å²) < 4.78 is 10.4. The van der Waals surface area contributed by atoms with Crippen LogP contribution in [0.2, 0.25) is 0 Å². The van der Waals surface area contributed by atoms with E-state index in [1.54, 1.807) is 72.8 Å². The first-order chi connectivity index (χ1) is 20.7. The van der Waals surface area contributed by atoms with E-state index in [2.05, 4.69) is 4.99 Å². The Balaban J connectivity index is 1.41. The summed E-state index contributed by atoms with van der Waals surface area (Å²) in [6.07, 6.45) is -3.95. The molecule has 1 aliphatic heterocycles. The number of nitrogens with zero attached hydrogens (tertiary/aromatic N) is 3. The highest BCUT2D eigenvalue weighted by Crippen LogP contribution is 2.24. The highest BCUT2D eigenvalue weighted by Gasteiger charge is 2.39. The number of nitrogens with two attached hydrogens (primary N) is 1. The summed E-state index contributed by atoms with van der Waals surface area (Å²) in [7, 11) is 0. The predicted molar refractivity (Wildman–Crippen MR) is 150 cm³/mol. The molecule has 0 saturated carbocycles. The fourth-order valence-electron chi connectivity index (χ4n) is 4.05. The van der Waals surface area contributed by atoms with Crippen LogP contribution in [0.3, 0.4) is 0 Å². The first-order valence-corrected chi connectivity index (χ1v) is 13.1. The molecule has 1 atom stereocenters. The van der Waals surface area contributed by atoms with Crippen LogP contribution < -0.4 is 5.73 Å². The van der Waals surface area contributed by atoms with E-state index in [9.17, 15) is 29.1 Å². The van der Waals surface area contributed by atoms with Crippen molar-refractivity contribution in [3.05, 3.63) is 107 Å². The van der Waals surface area contributed by atoms with Gasteiger partial charge in [-0.3, -0.25) is 9.59 Å². The lowest BCUT2D eigenvalue weighted by atomic mass is 10.1. The minimum Gasteiger partial charge on any atom is -0.479 e. The Bertz CT molecular complexity index is 1480. The number of aliphatic carboxylic acids is 1. The van der Waals surface area contributed by atoms with E-state index in [1.807, 2.05) is 0 Å². The van der Waals surface area contributed by atoms with Crippen LogP contribution in [0.15, 0.2) is 89.9 Å². The topological polar surface area (TPSA) is 178 Å². The van der Waals surface area contributed by atoms with Gasteiger partial charge in [-0.25, -0.2) is 24.1 Å². The largest absolute Gasteiger partial charge is 0.479 e. The SMILES string of the molecule is N/C(=N\C(=O)OCc1ccccc1)N(CCC[C@@H](ON1C(=O)c2ccccc2C1=O)C(=O)O)C(=O)OCc1ccccc1. The molecule has 0 unspecified atom stereocenters. The van der Waals surface area contributed by atoms with Crippen molar-refractivity contribution in [1.29, 1.82) is 0 Å². The van der Waals surface area contributed by atoms with Crippen LogP contribution in [-0.4, -0.2) is 63.6 Å². The van der Waals surface area contributed by atoms with E-state index < -0.39 is 42.0 Å². The van der Waals surface area contributed by atoms with Gasteiger partial charge in [0.15, 0.2) is 6.10 Å². The maximum Gasteiger partial charge on any atom is 0.437 e. The van der Waals surface area contributed by atoms with E-state index in [1.165, 1.54) is 12.1 Å². The Hall–Kier alpha value is -5.56. The Morgan fingerprint density at radius 3 is 1.86 bits per heavy atom. The number of ether oxygens (including phenoxy) is 2. The number of amides is 4. The Morgan fingerprint density at radius 2 is 1.33 bits per heavy atom. The van der Waals surface area contributed by atoms with Gasteiger partial charge >= 0.3 is 18.2 Å². The zero-order valence-electron chi connectivity index (χ0n) is 22.8. The van der Waals surface area contributed by atoms with Gasteiger partial charge in [-0.1, -0.05) is 72.8 Å². The number of benzene rings is 3. The molecule has 222 valence electrons. The molecule has 3 N–H and O–H groups in total. The van der Waals surface area contributed by atoms with E-state index >= 15 is 0 Å². The summed E-state index contributed by atoms with van der Waals surface area (Å²) in [5.74, 6) is -3.56. The van der Waals surface area contributed by atoms with Crippen LogP contribution in [0.25, 0.3) is 0 Å². The van der Waals surface area contributed by atoms with Gasteiger partial charge in [0.2, 0.25) is 5.96 Å². The molecule has 4 rings (SSSR count). The fourth-order valence-corrected chi connectivity index (χ4v) is 4.05. The Morgan fingerprint density at radius 1 is 0.814 bits per heavy atom. The second kappa shape index (κ2) is 14.4. The molecule has 43 heavy (non-hydrogen) atoms. The van der Waals surface area contributed by atoms with Crippen molar-refractivity contribution in [2.45, 2.75) is 32.2 Å². The average Bonchev–Trinajstić information content (AvgIpc) is 3.25. The number of rotatable bonds is 11. The average molecular weight is 589 g/mol. The van der Waals surface area contributed by atoms with Crippen LogP contribution in [0.5, 0.6) is 0 Å². The number of hydroxylamine groups is 2. The zero-order valence-corrected chi connectivity index (χ0v) is 22.8. The zero-order chi connectivity index (χ0) is 30.8. The third-order valence-corrected chi connectivity index (χ3v) is 6.23. The molecule has 0 fully saturated rings. The van der Waals surface area contributed by atoms with E-state index in [-0.39, 0.29) is 43.7 Å². The van der Waals surface area contributed by atoms with Gasteiger partial charge in [0, 0.05) is 6.54 Å². The summed E-state index contributed by atoms with van der Waals surface area (Å²) >= 11 is 0. The summed E-state index contributed by atoms with van der Waals surface area (Å²) in [5.41, 5.74) is 7.56. The van der Waals surface area contributed by atoms with Gasteiger partial charge in [0.25, 0.3) is 11.8 Å². The van der Waals surface area contributed by atoms with Crippen molar-refractivity contribution in [2.24, 2.45) is 10.7 Å². The first-order valence-electron chi connectivity index (χ1n) is 13.1. The summed E-state index contributed by atoms with van der Waals surface area (Å²) in [6, 6.07) is 23.6. The summed E-state index contributed by atoms with van der Waals surface area (Å²) in [4.78, 5) is 72.2. The van der Waals surface area contributed by atoms with E-state index in [4.69, 9.17) is 20.0 Å². The van der Waals surface area contributed by atoms with Crippen LogP contribution in [0, 0.1) is 0 Å². The molecule has 3 aromatic rings. The lowest BCUT2D eigenvalue weighted by Gasteiger charge is -2.23. The lowest BCUT2D eigenvalue weighted by Crippen LogP contribution is -2.44. The molecule has 0 spiro atoms. The van der Waals surface area contributed by atoms with Gasteiger partial charge in [0.1, 0.15) is 13.2 Å². The minimum atomic E-state index is -1.63. The number of carboxylic acids is 1. The molecule has 0 bridgehead atoms. The predicted octanol–water partition coefficient (Wildman–Crippen LogP) is 3.74. The van der Waals surface area contributed by atoms with Crippen molar-refractivity contribution in [3.63, 3.8) is 0 Å². The quantitative estimate of drug-likeness (QED) is 0.190. The number of hydrogen-bond acceptors (Lipinski definition) is 8. The Kier molecular flexibility index (Phi) is 10.2. The molecule has 13 heteroatoms. The maximum absolute atomic E-state index is 13.0. The number of carboxylic acid groups (broad SMARTS) is 1. The monoisotopic (exact) mass is 588 g/mol. The standard InChI is InChI=1S/C30H28N4O9/c31-28(32-29(39)41-18-20-10-3-1-4-11-20)33(30(40)42-19-21-12-5-2-6-13-21)17-9-16-24(27(37)38)43-34-25(35)22-14-7-8-15-23(22)26(34)36/h1-8,10-15,24H,9,16-19H2,(H,37,38)(H2,31,32,39)/t24-/m1/s1. The number of imide groups is 1. The minimum absolute atomic E-state index is 0.0597. The molecule has 0 aliphatic carbocycles. The molecule has 0 aromatic heterocycles. The normalized spacial score (nSPS) is 13.3. The Labute approximate surface area is 246 Å². The summed E-state index contributed by atoms with van der Waals surface area (Å²) in [5, 5.41) is 10.1. The highest BCUT2D eigenvalue weighted by molar-refractivity contribution is 6.20. The van der Waals surface area contributed by atoms with Crippen molar-refractivity contribution >= 4 is 35.9 Å². The second-order valence-corrected chi connectivity index (χ2v) is 9.23. The number of hydrogen-bond donors (Lipinski definition) is 2. The van der Waals surface area contributed by atoms with Gasteiger partial charge in [0.05, 0.1) is 11.1 Å². The molecule has 4 amide bonds. The fraction of sp³-hybridized carbons (Fsp3) is 0.200. The number of carbonyl (C=O) groups is 5. The third kappa shape index (κ3) is 8.01. The number of fused-ring (bicyclic) bond motifs is 1. The van der Waals surface area contributed by atoms with Crippen LogP contribution in [-0.2, 0) is 32.3 Å². The molecule has 3 aromatic carbocycles. The smallest absolute Gasteiger partial charge is 0.437 e. The van der Waals surface area contributed by atoms with Gasteiger partial charge in [-0.2, -0.15) is 0 Å². The maximum atomic E-state index is 13.0. The van der Waals surface area contributed by atoms with Crippen LogP contribution in [0.1, 0.15) is 44.7 Å². The molecular formula is C30H28N4O9.